The standard InChI is InChI=1S/C21H21NO2/c1-14-10-11-17(21(2,3)4)16(12-14)13-18-20(23)24-19(22-18)15-8-6-5-7-9-15/h5-13H,1-4H3/b18-13-. The van der Waals surface area contributed by atoms with Crippen molar-refractivity contribution in [3.05, 3.63) is 76.5 Å². The first kappa shape index (κ1) is 16.2. The zero-order valence-electron chi connectivity index (χ0n) is 14.5. The van der Waals surface area contributed by atoms with Crippen LogP contribution in [0.15, 0.2) is 59.2 Å². The monoisotopic (exact) mass is 319 g/mol. The summed E-state index contributed by atoms with van der Waals surface area (Å²) < 4.78 is 5.33. The molecule has 1 aliphatic rings. The predicted octanol–water partition coefficient (Wildman–Crippen LogP) is 4.64. The van der Waals surface area contributed by atoms with Gasteiger partial charge >= 0.3 is 5.97 Å². The van der Waals surface area contributed by atoms with E-state index < -0.39 is 5.97 Å². The minimum Gasteiger partial charge on any atom is -0.402 e. The number of esters is 1. The molecule has 3 rings (SSSR count). The largest absolute Gasteiger partial charge is 0.402 e. The number of carbonyl (C=O) groups excluding carboxylic acids is 1. The summed E-state index contributed by atoms with van der Waals surface area (Å²) in [5.74, 6) is -0.0490. The van der Waals surface area contributed by atoms with Crippen LogP contribution in [0.1, 0.15) is 43.0 Å². The number of rotatable bonds is 2. The van der Waals surface area contributed by atoms with Gasteiger partial charge in [0.2, 0.25) is 5.90 Å². The van der Waals surface area contributed by atoms with E-state index in [1.54, 1.807) is 0 Å². The second-order valence-corrected chi connectivity index (χ2v) is 7.04. The van der Waals surface area contributed by atoms with Gasteiger partial charge < -0.3 is 4.74 Å². The first-order valence-electron chi connectivity index (χ1n) is 8.04. The molecule has 0 bridgehead atoms. The quantitative estimate of drug-likeness (QED) is 0.597. The lowest BCUT2D eigenvalue weighted by molar-refractivity contribution is -0.129. The fourth-order valence-electron chi connectivity index (χ4n) is 2.75. The van der Waals surface area contributed by atoms with E-state index in [0.717, 1.165) is 16.7 Å². The van der Waals surface area contributed by atoms with Crippen LogP contribution in [0.4, 0.5) is 0 Å². The van der Waals surface area contributed by atoms with Gasteiger partial charge in [0.15, 0.2) is 5.70 Å². The molecule has 0 unspecified atom stereocenters. The molecule has 0 aliphatic carbocycles. The van der Waals surface area contributed by atoms with Crippen molar-refractivity contribution < 1.29 is 9.53 Å². The Kier molecular flexibility index (Phi) is 4.10. The molecule has 0 spiro atoms. The van der Waals surface area contributed by atoms with Crippen molar-refractivity contribution in [1.82, 2.24) is 0 Å². The number of ether oxygens (including phenoxy) is 1. The van der Waals surface area contributed by atoms with Crippen LogP contribution in [0.2, 0.25) is 0 Å². The number of nitrogens with zero attached hydrogens (tertiary/aromatic N) is 1. The molecule has 0 radical (unpaired) electrons. The fraction of sp³-hybridized carbons (Fsp3) is 0.238. The Morgan fingerprint density at radius 1 is 1.04 bits per heavy atom. The lowest BCUT2D eigenvalue weighted by atomic mass is 9.83. The highest BCUT2D eigenvalue weighted by molar-refractivity contribution is 6.12. The molecule has 24 heavy (non-hydrogen) atoms. The van der Waals surface area contributed by atoms with Crippen molar-refractivity contribution in [3.63, 3.8) is 0 Å². The van der Waals surface area contributed by atoms with Crippen molar-refractivity contribution in [2.45, 2.75) is 33.1 Å². The van der Waals surface area contributed by atoms with E-state index >= 15 is 0 Å². The summed E-state index contributed by atoms with van der Waals surface area (Å²) in [6, 6.07) is 15.7. The van der Waals surface area contributed by atoms with E-state index in [-0.39, 0.29) is 5.41 Å². The number of hydrogen-bond acceptors (Lipinski definition) is 3. The number of aryl methyl sites for hydroxylation is 1. The third kappa shape index (κ3) is 3.30. The molecule has 1 heterocycles. The van der Waals surface area contributed by atoms with Crippen LogP contribution in [0.25, 0.3) is 6.08 Å². The summed E-state index contributed by atoms with van der Waals surface area (Å²) in [5.41, 5.74) is 4.45. The highest BCUT2D eigenvalue weighted by Gasteiger charge is 2.25. The molecule has 122 valence electrons. The topological polar surface area (TPSA) is 38.7 Å². The van der Waals surface area contributed by atoms with Gasteiger partial charge in [0.25, 0.3) is 0 Å². The van der Waals surface area contributed by atoms with Crippen molar-refractivity contribution in [2.75, 3.05) is 0 Å². The van der Waals surface area contributed by atoms with Crippen LogP contribution < -0.4 is 0 Å². The first-order valence-corrected chi connectivity index (χ1v) is 8.04. The Hall–Kier alpha value is -2.68. The van der Waals surface area contributed by atoms with Gasteiger partial charge in [0, 0.05) is 5.56 Å². The molecule has 1 aliphatic heterocycles. The molecule has 0 saturated heterocycles. The maximum atomic E-state index is 12.2. The summed E-state index contributed by atoms with van der Waals surface area (Å²) in [4.78, 5) is 16.6. The molecule has 0 amide bonds. The average molecular weight is 319 g/mol. The van der Waals surface area contributed by atoms with E-state index in [1.807, 2.05) is 43.3 Å². The van der Waals surface area contributed by atoms with Gasteiger partial charge in [-0.25, -0.2) is 9.79 Å². The summed E-state index contributed by atoms with van der Waals surface area (Å²) in [6.07, 6.45) is 1.83. The second kappa shape index (κ2) is 6.08. The van der Waals surface area contributed by atoms with Gasteiger partial charge in [-0.3, -0.25) is 0 Å². The van der Waals surface area contributed by atoms with Crippen LogP contribution in [0.5, 0.6) is 0 Å². The van der Waals surface area contributed by atoms with Gasteiger partial charge in [-0.2, -0.15) is 0 Å². The highest BCUT2D eigenvalue weighted by atomic mass is 16.6. The zero-order valence-corrected chi connectivity index (χ0v) is 14.5. The third-order valence-electron chi connectivity index (χ3n) is 3.95. The molecule has 0 N–H and O–H groups in total. The lowest BCUT2D eigenvalue weighted by Crippen LogP contribution is -2.13. The van der Waals surface area contributed by atoms with Gasteiger partial charge in [-0.1, -0.05) is 62.7 Å². The minimum absolute atomic E-state index is 0.0193. The molecule has 2 aromatic rings. The molecule has 3 nitrogen and oxygen atoms in total. The summed E-state index contributed by atoms with van der Waals surface area (Å²) in [5, 5.41) is 0. The van der Waals surface area contributed by atoms with Crippen LogP contribution >= 0.6 is 0 Å². The summed E-state index contributed by atoms with van der Waals surface area (Å²) in [7, 11) is 0. The third-order valence-corrected chi connectivity index (χ3v) is 3.95. The Morgan fingerprint density at radius 2 is 1.75 bits per heavy atom. The fourth-order valence-corrected chi connectivity index (χ4v) is 2.75. The Morgan fingerprint density at radius 3 is 2.42 bits per heavy atom. The highest BCUT2D eigenvalue weighted by Crippen LogP contribution is 2.29. The van der Waals surface area contributed by atoms with Gasteiger partial charge in [0.05, 0.1) is 0 Å². The first-order chi connectivity index (χ1) is 11.3. The van der Waals surface area contributed by atoms with Gasteiger partial charge in [0.1, 0.15) is 0 Å². The van der Waals surface area contributed by atoms with E-state index in [0.29, 0.717) is 11.6 Å². The van der Waals surface area contributed by atoms with E-state index in [1.165, 1.54) is 5.56 Å². The van der Waals surface area contributed by atoms with Gasteiger partial charge in [-0.15, -0.1) is 0 Å². The lowest BCUT2D eigenvalue weighted by Gasteiger charge is -2.22. The maximum Gasteiger partial charge on any atom is 0.363 e. The van der Waals surface area contributed by atoms with E-state index in [2.05, 4.69) is 44.0 Å². The SMILES string of the molecule is Cc1ccc(C(C)(C)C)c(/C=C2\N=C(c3ccccc3)OC2=O)c1. The molecule has 0 fully saturated rings. The number of cyclic esters (lactones) is 1. The van der Waals surface area contributed by atoms with E-state index in [4.69, 9.17) is 4.74 Å². The van der Waals surface area contributed by atoms with Crippen molar-refractivity contribution >= 4 is 17.9 Å². The van der Waals surface area contributed by atoms with Crippen LogP contribution in [-0.2, 0) is 14.9 Å². The molecular formula is C21H21NO2. The Bertz CT molecular complexity index is 840. The molecule has 3 heteroatoms. The van der Waals surface area contributed by atoms with Crippen LogP contribution in [0.3, 0.4) is 0 Å². The molecule has 0 aromatic heterocycles. The van der Waals surface area contributed by atoms with Gasteiger partial charge in [-0.05, 0) is 41.7 Å². The van der Waals surface area contributed by atoms with Crippen LogP contribution in [0, 0.1) is 6.92 Å². The summed E-state index contributed by atoms with van der Waals surface area (Å²) in [6.45, 7) is 8.52. The predicted molar refractivity (Wildman–Crippen MR) is 96.9 cm³/mol. The molecule has 0 atom stereocenters. The smallest absolute Gasteiger partial charge is 0.363 e. The van der Waals surface area contributed by atoms with E-state index in [9.17, 15) is 4.79 Å². The number of hydrogen-bond donors (Lipinski definition) is 0. The van der Waals surface area contributed by atoms with Crippen LogP contribution in [-0.4, -0.2) is 11.9 Å². The normalized spacial score (nSPS) is 16.2. The minimum atomic E-state index is -0.407. The summed E-state index contributed by atoms with van der Waals surface area (Å²) >= 11 is 0. The Labute approximate surface area is 142 Å². The number of aliphatic imine (C=N–C) groups is 1. The van der Waals surface area contributed by atoms with Crippen molar-refractivity contribution in [2.24, 2.45) is 4.99 Å². The second-order valence-electron chi connectivity index (χ2n) is 7.04. The molecule has 2 aromatic carbocycles. The zero-order chi connectivity index (χ0) is 17.3. The molecule has 0 saturated carbocycles. The number of benzene rings is 2. The number of carbonyl (C=O) groups is 1. The van der Waals surface area contributed by atoms with Crippen molar-refractivity contribution in [1.29, 1.82) is 0 Å². The molecular weight excluding hydrogens is 298 g/mol. The Balaban J connectivity index is 2.05. The average Bonchev–Trinajstić information content (AvgIpc) is 2.88. The van der Waals surface area contributed by atoms with Crippen molar-refractivity contribution in [3.8, 4) is 0 Å². The maximum absolute atomic E-state index is 12.2.